The minimum Gasteiger partial charge on any atom is -0.493 e. The van der Waals surface area contributed by atoms with Crippen LogP contribution >= 0.6 is 24.0 Å². The van der Waals surface area contributed by atoms with Gasteiger partial charge in [0.2, 0.25) is 5.75 Å². The number of nitrogens with two attached hydrogens (primary N) is 1. The van der Waals surface area contributed by atoms with E-state index in [2.05, 4.69) is 18.8 Å². The van der Waals surface area contributed by atoms with E-state index in [0.29, 0.717) is 36.2 Å². The summed E-state index contributed by atoms with van der Waals surface area (Å²) in [6.07, 6.45) is 0.714. The molecule has 0 saturated heterocycles. The Morgan fingerprint density at radius 2 is 1.65 bits per heavy atom. The predicted molar refractivity (Wildman–Crippen MR) is 105 cm³/mol. The van der Waals surface area contributed by atoms with Gasteiger partial charge >= 0.3 is 0 Å². The number of hydrogen-bond acceptors (Lipinski definition) is 4. The van der Waals surface area contributed by atoms with Crippen LogP contribution in [0.2, 0.25) is 0 Å². The summed E-state index contributed by atoms with van der Waals surface area (Å²) < 4.78 is 16.1. The summed E-state index contributed by atoms with van der Waals surface area (Å²) in [7, 11) is 4.82. The van der Waals surface area contributed by atoms with E-state index >= 15 is 0 Å². The molecule has 0 fully saturated rings. The Balaban J connectivity index is 0.00000484. The van der Waals surface area contributed by atoms with Crippen LogP contribution in [-0.2, 0) is 6.42 Å². The van der Waals surface area contributed by atoms with E-state index in [1.165, 1.54) is 0 Å². The third-order valence-electron chi connectivity index (χ3n) is 3.53. The Bertz CT molecular complexity index is 506. The second-order valence-electron chi connectivity index (χ2n) is 4.66. The van der Waals surface area contributed by atoms with Crippen LogP contribution in [0.4, 0.5) is 0 Å². The van der Waals surface area contributed by atoms with Crippen LogP contribution in [0.5, 0.6) is 17.2 Å². The van der Waals surface area contributed by atoms with E-state index in [0.717, 1.165) is 18.7 Å². The molecule has 1 rings (SSSR count). The van der Waals surface area contributed by atoms with Gasteiger partial charge in [-0.25, -0.2) is 0 Å². The van der Waals surface area contributed by atoms with E-state index in [1.807, 2.05) is 17.0 Å². The Labute approximate surface area is 156 Å². The molecule has 1 aromatic carbocycles. The fourth-order valence-corrected chi connectivity index (χ4v) is 2.30. The third kappa shape index (κ3) is 5.63. The monoisotopic (exact) mass is 437 g/mol. The summed E-state index contributed by atoms with van der Waals surface area (Å²) in [4.78, 5) is 6.45. The smallest absolute Gasteiger partial charge is 0.203 e. The number of halogens is 1. The largest absolute Gasteiger partial charge is 0.493 e. The second kappa shape index (κ2) is 11.2. The van der Waals surface area contributed by atoms with E-state index < -0.39 is 0 Å². The maximum absolute atomic E-state index is 5.98. The number of benzene rings is 1. The molecule has 0 atom stereocenters. The van der Waals surface area contributed by atoms with Crippen LogP contribution in [0.1, 0.15) is 19.4 Å². The topological polar surface area (TPSA) is 69.3 Å². The Morgan fingerprint density at radius 3 is 2.13 bits per heavy atom. The zero-order valence-electron chi connectivity index (χ0n) is 14.6. The van der Waals surface area contributed by atoms with Crippen molar-refractivity contribution in [2.24, 2.45) is 10.7 Å². The Kier molecular flexibility index (Phi) is 10.5. The van der Waals surface area contributed by atoms with Crippen molar-refractivity contribution in [3.8, 4) is 17.2 Å². The van der Waals surface area contributed by atoms with Gasteiger partial charge in [-0.15, -0.1) is 24.0 Å². The third-order valence-corrected chi connectivity index (χ3v) is 3.53. The van der Waals surface area contributed by atoms with E-state index in [1.54, 1.807) is 21.3 Å². The van der Waals surface area contributed by atoms with Crippen molar-refractivity contribution in [3.05, 3.63) is 17.7 Å². The quantitative estimate of drug-likeness (QED) is 0.385. The number of rotatable bonds is 8. The minimum absolute atomic E-state index is 0. The molecule has 0 amide bonds. The van der Waals surface area contributed by atoms with Crippen molar-refractivity contribution < 1.29 is 14.2 Å². The highest BCUT2D eigenvalue weighted by atomic mass is 127. The molecule has 0 aliphatic carbocycles. The highest BCUT2D eigenvalue weighted by Crippen LogP contribution is 2.39. The zero-order chi connectivity index (χ0) is 16.5. The summed E-state index contributed by atoms with van der Waals surface area (Å²) in [5, 5.41) is 0. The molecular formula is C16H28IN3O3. The minimum atomic E-state index is 0. The molecule has 1 aromatic rings. The molecule has 0 heterocycles. The molecule has 0 radical (unpaired) electrons. The zero-order valence-corrected chi connectivity index (χ0v) is 16.9. The van der Waals surface area contributed by atoms with Crippen molar-refractivity contribution in [1.29, 1.82) is 0 Å². The molecular weight excluding hydrogens is 409 g/mol. The summed E-state index contributed by atoms with van der Waals surface area (Å²) in [6, 6.07) is 3.83. The van der Waals surface area contributed by atoms with Crippen LogP contribution in [0.15, 0.2) is 17.1 Å². The average Bonchev–Trinajstić information content (AvgIpc) is 2.55. The van der Waals surface area contributed by atoms with Crippen molar-refractivity contribution in [3.63, 3.8) is 0 Å². The van der Waals surface area contributed by atoms with Crippen LogP contribution in [0, 0.1) is 0 Å². The lowest BCUT2D eigenvalue weighted by Gasteiger charge is -2.19. The number of guanidine groups is 1. The highest BCUT2D eigenvalue weighted by molar-refractivity contribution is 14.0. The number of hydrogen-bond donors (Lipinski definition) is 1. The number of ether oxygens (including phenoxy) is 3. The molecule has 6 nitrogen and oxygen atoms in total. The fourth-order valence-electron chi connectivity index (χ4n) is 2.30. The first kappa shape index (κ1) is 21.6. The van der Waals surface area contributed by atoms with Gasteiger partial charge in [0.05, 0.1) is 21.3 Å². The summed E-state index contributed by atoms with van der Waals surface area (Å²) in [5.41, 5.74) is 6.99. The molecule has 0 unspecified atom stereocenters. The molecule has 0 spiro atoms. The maximum Gasteiger partial charge on any atom is 0.203 e. The van der Waals surface area contributed by atoms with Gasteiger partial charge in [0.15, 0.2) is 17.5 Å². The number of methoxy groups -OCH3 is 3. The summed E-state index contributed by atoms with van der Waals surface area (Å²) >= 11 is 0. The van der Waals surface area contributed by atoms with Crippen molar-refractivity contribution in [2.75, 3.05) is 41.0 Å². The average molecular weight is 437 g/mol. The van der Waals surface area contributed by atoms with E-state index in [4.69, 9.17) is 19.9 Å². The van der Waals surface area contributed by atoms with Gasteiger partial charge in [-0.2, -0.15) is 0 Å². The molecule has 23 heavy (non-hydrogen) atoms. The molecule has 7 heteroatoms. The van der Waals surface area contributed by atoms with Crippen molar-refractivity contribution in [1.82, 2.24) is 4.90 Å². The molecule has 2 N–H and O–H groups in total. The maximum atomic E-state index is 5.98. The lowest BCUT2D eigenvalue weighted by molar-refractivity contribution is 0.322. The molecule has 0 saturated carbocycles. The van der Waals surface area contributed by atoms with Gasteiger partial charge in [-0.1, -0.05) is 6.07 Å². The van der Waals surface area contributed by atoms with Crippen molar-refractivity contribution in [2.45, 2.75) is 20.3 Å². The Hall–Kier alpha value is -1.38. The van der Waals surface area contributed by atoms with Crippen LogP contribution < -0.4 is 19.9 Å². The molecule has 0 aliphatic rings. The fraction of sp³-hybridized carbons (Fsp3) is 0.562. The summed E-state index contributed by atoms with van der Waals surface area (Å²) in [5.74, 6) is 2.50. The first-order chi connectivity index (χ1) is 10.6. The second-order valence-corrected chi connectivity index (χ2v) is 4.66. The van der Waals surface area contributed by atoms with E-state index in [9.17, 15) is 0 Å². The van der Waals surface area contributed by atoms with Crippen LogP contribution in [-0.4, -0.2) is 51.8 Å². The van der Waals surface area contributed by atoms with Crippen LogP contribution in [0.25, 0.3) is 0 Å². The summed E-state index contributed by atoms with van der Waals surface area (Å²) in [6.45, 7) is 6.41. The number of aliphatic imine (C=N–C) groups is 1. The van der Waals surface area contributed by atoms with Gasteiger partial charge in [0.1, 0.15) is 0 Å². The Morgan fingerprint density at radius 1 is 1.04 bits per heavy atom. The number of nitrogens with zero attached hydrogens (tertiary/aromatic N) is 2. The van der Waals surface area contributed by atoms with Crippen molar-refractivity contribution >= 4 is 29.9 Å². The molecule has 132 valence electrons. The van der Waals surface area contributed by atoms with Gasteiger partial charge in [-0.3, -0.25) is 4.99 Å². The standard InChI is InChI=1S/C16H27N3O3.HI/c1-6-19(7-2)16(17)18-11-10-12-8-9-13(20-3)15(22-5)14(12)21-4;/h8-9H,6-7,10-11H2,1-5H3,(H2,17,18);1H. The van der Waals surface area contributed by atoms with Crippen LogP contribution in [0.3, 0.4) is 0 Å². The first-order valence-electron chi connectivity index (χ1n) is 7.45. The SMILES string of the molecule is CCN(CC)C(N)=NCCc1ccc(OC)c(OC)c1OC.I. The lowest BCUT2D eigenvalue weighted by atomic mass is 10.1. The van der Waals surface area contributed by atoms with Gasteiger partial charge in [0.25, 0.3) is 0 Å². The predicted octanol–water partition coefficient (Wildman–Crippen LogP) is 2.53. The lowest BCUT2D eigenvalue weighted by Crippen LogP contribution is -2.37. The molecule has 0 aliphatic heterocycles. The van der Waals surface area contributed by atoms with E-state index in [-0.39, 0.29) is 24.0 Å². The first-order valence-corrected chi connectivity index (χ1v) is 7.45. The van der Waals surface area contributed by atoms with Gasteiger partial charge in [-0.05, 0) is 26.3 Å². The van der Waals surface area contributed by atoms with Gasteiger partial charge < -0.3 is 24.8 Å². The normalized spacial score (nSPS) is 10.7. The highest BCUT2D eigenvalue weighted by Gasteiger charge is 2.15. The molecule has 0 bridgehead atoms. The van der Waals surface area contributed by atoms with Gasteiger partial charge in [0, 0.05) is 25.2 Å². The molecule has 0 aromatic heterocycles.